The minimum atomic E-state index is -3.53. The quantitative estimate of drug-likeness (QED) is 0.591. The van der Waals surface area contributed by atoms with Crippen LogP contribution >= 0.6 is 7.59 Å². The molecule has 0 heterocycles. The van der Waals surface area contributed by atoms with Crippen molar-refractivity contribution in [1.82, 2.24) is 5.09 Å². The van der Waals surface area contributed by atoms with Gasteiger partial charge in [-0.15, -0.1) is 0 Å². The summed E-state index contributed by atoms with van der Waals surface area (Å²) in [5.74, 6) is -0.499. The molecule has 0 spiro atoms. The van der Waals surface area contributed by atoms with E-state index in [1.807, 2.05) is 11.2 Å². The summed E-state index contributed by atoms with van der Waals surface area (Å²) in [6, 6.07) is 1.93. The van der Waals surface area contributed by atoms with Gasteiger partial charge in [0.2, 0.25) is 5.91 Å². The number of carbonyl (C=O) groups excluding carboxylic acids is 1. The monoisotopic (exact) mass is 218 g/mol. The molecule has 0 unspecified atom stereocenters. The topological polar surface area (TPSA) is 122 Å². The van der Waals surface area contributed by atoms with E-state index in [-0.39, 0.29) is 6.42 Å². The van der Waals surface area contributed by atoms with Gasteiger partial charge in [0, 0.05) is 11.8 Å². The van der Waals surface area contributed by atoms with Crippen LogP contribution in [0.3, 0.4) is 0 Å². The summed E-state index contributed by atoms with van der Waals surface area (Å²) >= 11 is 0. The number of nitriles is 1. The highest BCUT2D eigenvalue weighted by molar-refractivity contribution is 7.57. The Bertz CT molecular complexity index is 301. The van der Waals surface area contributed by atoms with Gasteiger partial charge in [-0.1, -0.05) is 13.8 Å². The van der Waals surface area contributed by atoms with Crippen molar-refractivity contribution in [3.05, 3.63) is 0 Å². The van der Waals surface area contributed by atoms with Crippen LogP contribution in [-0.4, -0.2) is 5.91 Å². The van der Waals surface area contributed by atoms with Gasteiger partial charge in [0.25, 0.3) is 7.59 Å². The van der Waals surface area contributed by atoms with Crippen molar-refractivity contribution in [2.45, 2.75) is 26.7 Å². The van der Waals surface area contributed by atoms with E-state index >= 15 is 0 Å². The van der Waals surface area contributed by atoms with Crippen molar-refractivity contribution >= 4 is 13.5 Å². The molecule has 0 aliphatic heterocycles. The molecule has 7 heteroatoms. The summed E-state index contributed by atoms with van der Waals surface area (Å²) < 4.78 is 10.9. The van der Waals surface area contributed by atoms with Crippen molar-refractivity contribution in [1.29, 1.82) is 5.26 Å². The van der Waals surface area contributed by atoms with Gasteiger partial charge in [-0.25, -0.2) is 0 Å². The fraction of sp³-hybridized carbons (Fsp3) is 0.714. The van der Waals surface area contributed by atoms with Crippen LogP contribution in [0.15, 0.2) is 0 Å². The Morgan fingerprint density at radius 2 is 2.07 bits per heavy atom. The van der Waals surface area contributed by atoms with Crippen molar-refractivity contribution in [3.63, 3.8) is 0 Å². The minimum absolute atomic E-state index is 0.250. The largest absolute Gasteiger partial charge is 0.300 e. The Balaban J connectivity index is 4.38. The summed E-state index contributed by atoms with van der Waals surface area (Å²) in [4.78, 5) is 11.4. The van der Waals surface area contributed by atoms with Crippen molar-refractivity contribution < 1.29 is 9.36 Å². The number of nitrogens with one attached hydrogen (secondary N) is 1. The molecule has 0 bridgehead atoms. The number of carbonyl (C=O) groups is 1. The zero-order valence-electron chi connectivity index (χ0n) is 8.28. The zero-order valence-corrected chi connectivity index (χ0v) is 9.17. The van der Waals surface area contributed by atoms with E-state index in [1.165, 1.54) is 0 Å². The Hall–Kier alpha value is -0.890. The number of hydrogen-bond acceptors (Lipinski definition) is 3. The van der Waals surface area contributed by atoms with Gasteiger partial charge >= 0.3 is 0 Å². The van der Waals surface area contributed by atoms with E-state index in [9.17, 15) is 9.36 Å². The van der Waals surface area contributed by atoms with Crippen LogP contribution in [0.4, 0.5) is 0 Å². The lowest BCUT2D eigenvalue weighted by atomic mass is 9.87. The normalized spacial score (nSPS) is 11.9. The number of hydrogen-bond donors (Lipinski definition) is 3. The first-order valence-electron chi connectivity index (χ1n) is 4.06. The van der Waals surface area contributed by atoms with Crippen LogP contribution < -0.4 is 16.1 Å². The molecule has 80 valence electrons. The maximum absolute atomic E-state index is 11.4. The third kappa shape index (κ3) is 4.97. The molecule has 0 aromatic heterocycles. The van der Waals surface area contributed by atoms with Gasteiger partial charge in [0.1, 0.15) is 0 Å². The van der Waals surface area contributed by atoms with Crippen LogP contribution in [0.1, 0.15) is 26.7 Å². The van der Waals surface area contributed by atoms with Gasteiger partial charge in [-0.05, 0) is 6.42 Å². The van der Waals surface area contributed by atoms with Crippen LogP contribution in [0.5, 0.6) is 0 Å². The van der Waals surface area contributed by atoms with E-state index in [4.69, 9.17) is 16.3 Å². The second kappa shape index (κ2) is 4.56. The van der Waals surface area contributed by atoms with Crippen molar-refractivity contribution in [3.8, 4) is 6.07 Å². The first kappa shape index (κ1) is 13.1. The van der Waals surface area contributed by atoms with Crippen LogP contribution in [0, 0.1) is 16.7 Å². The molecule has 1 amide bonds. The highest BCUT2D eigenvalue weighted by Gasteiger charge is 2.29. The Kier molecular flexibility index (Phi) is 4.27. The smallest absolute Gasteiger partial charge is 0.283 e. The van der Waals surface area contributed by atoms with Crippen LogP contribution in [0.25, 0.3) is 0 Å². The van der Waals surface area contributed by atoms with Gasteiger partial charge in [0.15, 0.2) is 0 Å². The molecule has 0 radical (unpaired) electrons. The maximum Gasteiger partial charge on any atom is 0.300 e. The van der Waals surface area contributed by atoms with E-state index in [0.717, 1.165) is 0 Å². The van der Waals surface area contributed by atoms with E-state index in [0.29, 0.717) is 6.42 Å². The number of nitrogens with two attached hydrogens (primary N) is 2. The molecule has 0 rings (SSSR count). The molecule has 6 nitrogen and oxygen atoms in total. The fourth-order valence-electron chi connectivity index (χ4n) is 0.792. The van der Waals surface area contributed by atoms with Crippen molar-refractivity contribution in [2.24, 2.45) is 16.4 Å². The first-order chi connectivity index (χ1) is 6.19. The molecular formula is C7H15N4O2P. The Labute approximate surface area is 83.2 Å². The SMILES string of the molecule is CC(C)(CCC#N)C(=O)NP(N)(N)=O. The van der Waals surface area contributed by atoms with Gasteiger partial charge in [-0.2, -0.15) is 5.26 Å². The Morgan fingerprint density at radius 3 is 2.43 bits per heavy atom. The molecule has 0 saturated heterocycles. The number of rotatable bonds is 4. The summed E-state index contributed by atoms with van der Waals surface area (Å²) in [6.45, 7) is 3.27. The molecule has 0 fully saturated rings. The van der Waals surface area contributed by atoms with Crippen LogP contribution in [-0.2, 0) is 9.36 Å². The molecule has 0 saturated carbocycles. The van der Waals surface area contributed by atoms with Gasteiger partial charge in [-0.3, -0.25) is 25.5 Å². The van der Waals surface area contributed by atoms with Crippen molar-refractivity contribution in [2.75, 3.05) is 0 Å². The minimum Gasteiger partial charge on any atom is -0.283 e. The second-order valence-corrected chi connectivity index (χ2v) is 5.33. The highest BCUT2D eigenvalue weighted by Crippen LogP contribution is 2.27. The van der Waals surface area contributed by atoms with E-state index in [1.54, 1.807) is 13.8 Å². The van der Waals surface area contributed by atoms with Gasteiger partial charge in [0.05, 0.1) is 6.07 Å². The molecular weight excluding hydrogens is 203 g/mol. The zero-order chi connectivity index (χ0) is 11.4. The predicted molar refractivity (Wildman–Crippen MR) is 52.8 cm³/mol. The standard InChI is InChI=1S/C7H15N4O2P/c1-7(2,4-3-5-8)6(12)11-14(9,10)13/h3-4H2,1-2H3,(H5,9,10,11,12,13). The molecule has 0 aromatic carbocycles. The molecule has 14 heavy (non-hydrogen) atoms. The molecule has 0 aliphatic rings. The molecule has 0 atom stereocenters. The molecule has 5 N–H and O–H groups in total. The number of nitrogens with zero attached hydrogens (tertiary/aromatic N) is 1. The number of amides is 1. The van der Waals surface area contributed by atoms with Gasteiger partial charge < -0.3 is 0 Å². The average molecular weight is 218 g/mol. The summed E-state index contributed by atoms with van der Waals surface area (Å²) in [5.41, 5.74) is 9.21. The third-order valence-corrected chi connectivity index (χ3v) is 2.31. The maximum atomic E-state index is 11.4. The van der Waals surface area contributed by atoms with Crippen LogP contribution in [0.2, 0.25) is 0 Å². The first-order valence-corrected chi connectivity index (χ1v) is 5.90. The highest BCUT2D eigenvalue weighted by atomic mass is 31.2. The van der Waals surface area contributed by atoms with E-state index in [2.05, 4.69) is 0 Å². The fourth-order valence-corrected chi connectivity index (χ4v) is 1.41. The molecule has 0 aromatic rings. The predicted octanol–water partition coefficient (Wildman–Crippen LogP) is 0.458. The second-order valence-electron chi connectivity index (χ2n) is 3.69. The summed E-state index contributed by atoms with van der Waals surface area (Å²) in [7, 11) is -3.53. The third-order valence-electron chi connectivity index (χ3n) is 1.75. The lowest BCUT2D eigenvalue weighted by Gasteiger charge is -2.23. The summed E-state index contributed by atoms with van der Waals surface area (Å²) in [6.07, 6.45) is 0.620. The molecule has 0 aliphatic carbocycles. The average Bonchev–Trinajstić information content (AvgIpc) is 1.97. The lowest BCUT2D eigenvalue weighted by molar-refractivity contribution is -0.127. The lowest BCUT2D eigenvalue weighted by Crippen LogP contribution is -2.38. The summed E-state index contributed by atoms with van der Waals surface area (Å²) in [5, 5.41) is 10.4. The Morgan fingerprint density at radius 1 is 1.57 bits per heavy atom. The van der Waals surface area contributed by atoms with E-state index < -0.39 is 18.9 Å².